The lowest BCUT2D eigenvalue weighted by atomic mass is 10.1. The molecular formula is C12H19NO. The Hall–Kier alpha value is -0.860. The molecule has 14 heavy (non-hydrogen) atoms. The minimum Gasteiger partial charge on any atom is -0.375 e. The van der Waals surface area contributed by atoms with Gasteiger partial charge in [-0.05, 0) is 24.5 Å². The molecule has 0 aliphatic rings. The molecule has 1 rings (SSSR count). The third kappa shape index (κ3) is 3.48. The molecule has 0 saturated heterocycles. The normalized spacial score (nSPS) is 12.8. The summed E-state index contributed by atoms with van der Waals surface area (Å²) in [4.78, 5) is 0. The van der Waals surface area contributed by atoms with Gasteiger partial charge in [-0.2, -0.15) is 0 Å². The molecule has 0 saturated carbocycles. The molecule has 0 amide bonds. The van der Waals surface area contributed by atoms with Gasteiger partial charge in [0.25, 0.3) is 0 Å². The Morgan fingerprint density at radius 3 is 2.71 bits per heavy atom. The zero-order valence-electron chi connectivity index (χ0n) is 8.99. The molecule has 1 atom stereocenters. The molecule has 78 valence electrons. The molecule has 2 nitrogen and oxygen atoms in total. The molecule has 0 spiro atoms. The average Bonchev–Trinajstić information content (AvgIpc) is 2.20. The highest BCUT2D eigenvalue weighted by molar-refractivity contribution is 5.24. The molecule has 1 aromatic carbocycles. The van der Waals surface area contributed by atoms with E-state index in [9.17, 15) is 0 Å². The zero-order chi connectivity index (χ0) is 10.4. The molecular weight excluding hydrogens is 174 g/mol. The van der Waals surface area contributed by atoms with Crippen LogP contribution in [-0.2, 0) is 11.3 Å². The third-order valence-corrected chi connectivity index (χ3v) is 2.38. The van der Waals surface area contributed by atoms with Crippen LogP contribution in [0.25, 0.3) is 0 Å². The smallest absolute Gasteiger partial charge is 0.0720 e. The highest BCUT2D eigenvalue weighted by atomic mass is 16.5. The minimum absolute atomic E-state index is 0.166. The monoisotopic (exact) mass is 193 g/mol. The SMILES string of the molecule is CC[C@H](N)COCc1ccccc1C. The van der Waals surface area contributed by atoms with Crippen molar-refractivity contribution >= 4 is 0 Å². The van der Waals surface area contributed by atoms with E-state index in [0.29, 0.717) is 13.2 Å². The van der Waals surface area contributed by atoms with E-state index >= 15 is 0 Å². The molecule has 0 aromatic heterocycles. The van der Waals surface area contributed by atoms with Gasteiger partial charge in [-0.15, -0.1) is 0 Å². The van der Waals surface area contributed by atoms with Gasteiger partial charge >= 0.3 is 0 Å². The largest absolute Gasteiger partial charge is 0.375 e. The van der Waals surface area contributed by atoms with Gasteiger partial charge in [-0.3, -0.25) is 0 Å². The lowest BCUT2D eigenvalue weighted by Crippen LogP contribution is -2.24. The Morgan fingerprint density at radius 1 is 1.36 bits per heavy atom. The van der Waals surface area contributed by atoms with Gasteiger partial charge < -0.3 is 10.5 Å². The van der Waals surface area contributed by atoms with Gasteiger partial charge in [0.2, 0.25) is 0 Å². The summed E-state index contributed by atoms with van der Waals surface area (Å²) in [5, 5.41) is 0. The van der Waals surface area contributed by atoms with E-state index in [1.165, 1.54) is 11.1 Å². The van der Waals surface area contributed by atoms with E-state index in [1.54, 1.807) is 0 Å². The van der Waals surface area contributed by atoms with Gasteiger partial charge in [-0.1, -0.05) is 31.2 Å². The van der Waals surface area contributed by atoms with Crippen LogP contribution in [-0.4, -0.2) is 12.6 Å². The lowest BCUT2D eigenvalue weighted by molar-refractivity contribution is 0.106. The summed E-state index contributed by atoms with van der Waals surface area (Å²) in [6, 6.07) is 8.42. The molecule has 1 aromatic rings. The van der Waals surface area contributed by atoms with Crippen molar-refractivity contribution in [3.8, 4) is 0 Å². The molecule has 2 heteroatoms. The van der Waals surface area contributed by atoms with E-state index in [1.807, 2.05) is 12.1 Å². The molecule has 0 aliphatic heterocycles. The molecule has 0 radical (unpaired) electrons. The summed E-state index contributed by atoms with van der Waals surface area (Å²) in [7, 11) is 0. The van der Waals surface area contributed by atoms with Crippen LogP contribution in [0.15, 0.2) is 24.3 Å². The topological polar surface area (TPSA) is 35.2 Å². The fourth-order valence-corrected chi connectivity index (χ4v) is 1.21. The summed E-state index contributed by atoms with van der Waals surface area (Å²) in [5.74, 6) is 0. The second-order valence-corrected chi connectivity index (χ2v) is 3.61. The predicted molar refractivity (Wildman–Crippen MR) is 59.1 cm³/mol. The van der Waals surface area contributed by atoms with Crippen LogP contribution in [0, 0.1) is 6.92 Å². The molecule has 0 unspecified atom stereocenters. The first-order valence-electron chi connectivity index (χ1n) is 5.12. The van der Waals surface area contributed by atoms with Crippen LogP contribution in [0.5, 0.6) is 0 Å². The Bertz CT molecular complexity index is 273. The summed E-state index contributed by atoms with van der Waals surface area (Å²) in [5.41, 5.74) is 8.27. The standard InChI is InChI=1S/C12H19NO/c1-3-12(13)9-14-8-11-7-5-4-6-10(11)2/h4-7,12H,3,8-9,13H2,1-2H3/t12-/m0/s1. The first-order chi connectivity index (χ1) is 6.74. The Labute approximate surface area is 86.1 Å². The van der Waals surface area contributed by atoms with Crippen LogP contribution in [0.4, 0.5) is 0 Å². The van der Waals surface area contributed by atoms with E-state index in [-0.39, 0.29) is 6.04 Å². The van der Waals surface area contributed by atoms with Crippen LogP contribution >= 0.6 is 0 Å². The highest BCUT2D eigenvalue weighted by Gasteiger charge is 2.00. The maximum Gasteiger partial charge on any atom is 0.0720 e. The molecule has 0 heterocycles. The zero-order valence-corrected chi connectivity index (χ0v) is 8.99. The molecule has 0 bridgehead atoms. The maximum absolute atomic E-state index is 5.75. The quantitative estimate of drug-likeness (QED) is 0.778. The van der Waals surface area contributed by atoms with Crippen molar-refractivity contribution in [3.63, 3.8) is 0 Å². The average molecular weight is 193 g/mol. The van der Waals surface area contributed by atoms with Gasteiger partial charge in [0.15, 0.2) is 0 Å². The van der Waals surface area contributed by atoms with E-state index in [0.717, 1.165) is 6.42 Å². The molecule has 0 fully saturated rings. The highest BCUT2D eigenvalue weighted by Crippen LogP contribution is 2.08. The lowest BCUT2D eigenvalue weighted by Gasteiger charge is -2.10. The van der Waals surface area contributed by atoms with Crippen molar-refractivity contribution in [1.82, 2.24) is 0 Å². The van der Waals surface area contributed by atoms with Crippen LogP contribution in [0.3, 0.4) is 0 Å². The van der Waals surface area contributed by atoms with Gasteiger partial charge in [0, 0.05) is 6.04 Å². The summed E-state index contributed by atoms with van der Waals surface area (Å²) >= 11 is 0. The van der Waals surface area contributed by atoms with Crippen LogP contribution < -0.4 is 5.73 Å². The van der Waals surface area contributed by atoms with E-state index in [2.05, 4.69) is 26.0 Å². The molecule has 0 aliphatic carbocycles. The van der Waals surface area contributed by atoms with Crippen molar-refractivity contribution in [2.24, 2.45) is 5.73 Å². The number of aryl methyl sites for hydroxylation is 1. The van der Waals surface area contributed by atoms with Crippen molar-refractivity contribution in [2.75, 3.05) is 6.61 Å². The summed E-state index contributed by atoms with van der Waals surface area (Å²) in [6.07, 6.45) is 0.966. The Morgan fingerprint density at radius 2 is 2.07 bits per heavy atom. The second kappa shape index (κ2) is 5.78. The van der Waals surface area contributed by atoms with E-state index < -0.39 is 0 Å². The van der Waals surface area contributed by atoms with Gasteiger partial charge in [0.1, 0.15) is 0 Å². The number of benzene rings is 1. The van der Waals surface area contributed by atoms with Crippen LogP contribution in [0.2, 0.25) is 0 Å². The predicted octanol–water partition coefficient (Wildman–Crippen LogP) is 2.25. The van der Waals surface area contributed by atoms with Crippen LogP contribution in [0.1, 0.15) is 24.5 Å². The minimum atomic E-state index is 0.166. The third-order valence-electron chi connectivity index (χ3n) is 2.38. The number of nitrogens with two attached hydrogens (primary N) is 1. The number of hydrogen-bond donors (Lipinski definition) is 1. The number of ether oxygens (including phenoxy) is 1. The number of hydrogen-bond acceptors (Lipinski definition) is 2. The van der Waals surface area contributed by atoms with Crippen molar-refractivity contribution in [2.45, 2.75) is 32.9 Å². The Balaban J connectivity index is 2.35. The van der Waals surface area contributed by atoms with Gasteiger partial charge in [-0.25, -0.2) is 0 Å². The Kier molecular flexibility index (Phi) is 4.63. The first kappa shape index (κ1) is 11.2. The number of rotatable bonds is 5. The van der Waals surface area contributed by atoms with Gasteiger partial charge in [0.05, 0.1) is 13.2 Å². The first-order valence-corrected chi connectivity index (χ1v) is 5.12. The van der Waals surface area contributed by atoms with E-state index in [4.69, 9.17) is 10.5 Å². The van der Waals surface area contributed by atoms with Crippen molar-refractivity contribution < 1.29 is 4.74 Å². The summed E-state index contributed by atoms with van der Waals surface area (Å²) < 4.78 is 5.53. The van der Waals surface area contributed by atoms with Crippen molar-refractivity contribution in [1.29, 1.82) is 0 Å². The maximum atomic E-state index is 5.75. The second-order valence-electron chi connectivity index (χ2n) is 3.61. The summed E-state index contributed by atoms with van der Waals surface area (Å²) in [6.45, 7) is 5.48. The fourth-order valence-electron chi connectivity index (χ4n) is 1.21. The van der Waals surface area contributed by atoms with Crippen molar-refractivity contribution in [3.05, 3.63) is 35.4 Å². The fraction of sp³-hybridized carbons (Fsp3) is 0.500. The molecule has 2 N–H and O–H groups in total.